The van der Waals surface area contributed by atoms with E-state index in [0.29, 0.717) is 12.3 Å². The fraction of sp³-hybridized carbons (Fsp3) is 0.0714. The van der Waals surface area contributed by atoms with Crippen molar-refractivity contribution in [2.24, 2.45) is 0 Å². The van der Waals surface area contributed by atoms with Crippen LogP contribution in [0.25, 0.3) is 10.6 Å². The number of aromatic nitrogens is 1. The Balaban J connectivity index is 1.66. The summed E-state index contributed by atoms with van der Waals surface area (Å²) < 4.78 is 10.9. The van der Waals surface area contributed by atoms with E-state index in [9.17, 15) is 0 Å². The maximum atomic E-state index is 5.61. The summed E-state index contributed by atoms with van der Waals surface area (Å²) in [6.45, 7) is 0.374. The molecule has 3 aromatic rings. The molecule has 2 N–H and O–H groups in total. The summed E-state index contributed by atoms with van der Waals surface area (Å²) in [5, 5.41) is 5.99. The first kappa shape index (κ1) is 11.8. The molecule has 0 fully saturated rings. The van der Waals surface area contributed by atoms with Crippen LogP contribution >= 0.6 is 11.3 Å². The molecule has 1 aromatic carbocycles. The van der Waals surface area contributed by atoms with E-state index in [0.717, 1.165) is 22.1 Å². The molecule has 5 heteroatoms. The zero-order chi connectivity index (χ0) is 13.1. The number of nitrogens with two attached hydrogens (primary N) is 1. The van der Waals surface area contributed by atoms with Crippen molar-refractivity contribution in [2.45, 2.75) is 6.61 Å². The monoisotopic (exact) mass is 272 g/mol. The van der Waals surface area contributed by atoms with Gasteiger partial charge in [0.25, 0.3) is 0 Å². The summed E-state index contributed by atoms with van der Waals surface area (Å²) in [7, 11) is 0. The molecule has 0 radical (unpaired) electrons. The highest BCUT2D eigenvalue weighted by Crippen LogP contribution is 2.25. The largest absolute Gasteiger partial charge is 0.487 e. The normalized spacial score (nSPS) is 10.5. The molecule has 3 rings (SSSR count). The Morgan fingerprint density at radius 2 is 2.05 bits per heavy atom. The first-order valence-corrected chi connectivity index (χ1v) is 6.67. The number of hydrogen-bond donors (Lipinski definition) is 1. The number of ether oxygens (including phenoxy) is 1. The van der Waals surface area contributed by atoms with Crippen molar-refractivity contribution in [1.29, 1.82) is 0 Å². The predicted molar refractivity (Wildman–Crippen MR) is 75.0 cm³/mol. The van der Waals surface area contributed by atoms with Gasteiger partial charge in [0.15, 0.2) is 5.76 Å². The minimum absolute atomic E-state index is 0.374. The van der Waals surface area contributed by atoms with Crippen molar-refractivity contribution in [3.8, 4) is 16.4 Å². The topological polar surface area (TPSA) is 61.3 Å². The Kier molecular flexibility index (Phi) is 3.20. The van der Waals surface area contributed by atoms with Gasteiger partial charge in [0.1, 0.15) is 18.1 Å². The van der Waals surface area contributed by atoms with Crippen molar-refractivity contribution in [2.75, 3.05) is 5.73 Å². The predicted octanol–water partition coefficient (Wildman–Crippen LogP) is 3.56. The maximum Gasteiger partial charge on any atom is 0.177 e. The van der Waals surface area contributed by atoms with Crippen molar-refractivity contribution < 1.29 is 9.26 Å². The van der Waals surface area contributed by atoms with Gasteiger partial charge in [0, 0.05) is 11.8 Å². The Hall–Kier alpha value is -2.27. The van der Waals surface area contributed by atoms with Crippen LogP contribution in [0.5, 0.6) is 5.75 Å². The molecule has 0 bridgehead atoms. The van der Waals surface area contributed by atoms with E-state index >= 15 is 0 Å². The molecule has 0 saturated heterocycles. The molecule has 0 unspecified atom stereocenters. The first-order chi connectivity index (χ1) is 9.31. The summed E-state index contributed by atoms with van der Waals surface area (Å²) in [6, 6.07) is 13.1. The number of hydrogen-bond acceptors (Lipinski definition) is 5. The van der Waals surface area contributed by atoms with Gasteiger partial charge in [-0.2, -0.15) is 0 Å². The minimum Gasteiger partial charge on any atom is -0.487 e. The van der Waals surface area contributed by atoms with Crippen LogP contribution in [0.2, 0.25) is 0 Å². The van der Waals surface area contributed by atoms with Crippen LogP contribution < -0.4 is 10.5 Å². The zero-order valence-electron chi connectivity index (χ0n) is 10.1. The molecule has 2 heterocycles. The number of anilines is 1. The SMILES string of the molecule is Nc1ccc(OCc2cc(-c3cccs3)on2)cc1. The van der Waals surface area contributed by atoms with Gasteiger partial charge >= 0.3 is 0 Å². The van der Waals surface area contributed by atoms with Gasteiger partial charge in [-0.25, -0.2) is 0 Å². The molecule has 0 aliphatic heterocycles. The second kappa shape index (κ2) is 5.16. The zero-order valence-corrected chi connectivity index (χ0v) is 10.9. The van der Waals surface area contributed by atoms with Crippen molar-refractivity contribution in [1.82, 2.24) is 5.16 Å². The lowest BCUT2D eigenvalue weighted by Crippen LogP contribution is -1.95. The smallest absolute Gasteiger partial charge is 0.177 e. The van der Waals surface area contributed by atoms with Crippen LogP contribution in [-0.2, 0) is 6.61 Å². The molecule has 0 saturated carbocycles. The highest BCUT2D eigenvalue weighted by Gasteiger charge is 2.07. The average Bonchev–Trinajstić information content (AvgIpc) is 3.09. The van der Waals surface area contributed by atoms with E-state index in [1.165, 1.54) is 0 Å². The fourth-order valence-electron chi connectivity index (χ4n) is 1.64. The molecule has 19 heavy (non-hydrogen) atoms. The van der Waals surface area contributed by atoms with E-state index < -0.39 is 0 Å². The summed E-state index contributed by atoms with van der Waals surface area (Å²) in [6.07, 6.45) is 0. The number of nitrogen functional groups attached to an aromatic ring is 1. The molecule has 0 spiro atoms. The molecule has 0 aliphatic carbocycles. The van der Waals surface area contributed by atoms with Crippen LogP contribution in [0.1, 0.15) is 5.69 Å². The van der Waals surface area contributed by atoms with Crippen LogP contribution in [-0.4, -0.2) is 5.16 Å². The fourth-order valence-corrected chi connectivity index (χ4v) is 2.31. The van der Waals surface area contributed by atoms with Crippen LogP contribution in [0.3, 0.4) is 0 Å². The van der Waals surface area contributed by atoms with E-state index in [1.807, 2.05) is 35.7 Å². The first-order valence-electron chi connectivity index (χ1n) is 5.79. The highest BCUT2D eigenvalue weighted by atomic mass is 32.1. The third-order valence-electron chi connectivity index (χ3n) is 2.59. The van der Waals surface area contributed by atoms with Crippen LogP contribution in [0, 0.1) is 0 Å². The van der Waals surface area contributed by atoms with Gasteiger partial charge in [0.2, 0.25) is 0 Å². The van der Waals surface area contributed by atoms with E-state index in [2.05, 4.69) is 5.16 Å². The Labute approximate surface area is 114 Å². The molecule has 0 atom stereocenters. The van der Waals surface area contributed by atoms with Gasteiger partial charge in [-0.3, -0.25) is 0 Å². The van der Waals surface area contributed by atoms with Gasteiger partial charge in [-0.1, -0.05) is 11.2 Å². The molecule has 0 aliphatic rings. The quantitative estimate of drug-likeness (QED) is 0.738. The van der Waals surface area contributed by atoms with Gasteiger partial charge in [0.05, 0.1) is 4.88 Å². The number of nitrogens with zero attached hydrogens (tertiary/aromatic N) is 1. The maximum absolute atomic E-state index is 5.61. The summed E-state index contributed by atoms with van der Waals surface area (Å²) in [4.78, 5) is 1.06. The van der Waals surface area contributed by atoms with Gasteiger partial charge in [-0.15, -0.1) is 11.3 Å². The van der Waals surface area contributed by atoms with E-state index in [-0.39, 0.29) is 0 Å². The van der Waals surface area contributed by atoms with Crippen LogP contribution in [0.15, 0.2) is 52.4 Å². The number of benzene rings is 1. The standard InChI is InChI=1S/C14H12N2O2S/c15-10-3-5-12(6-4-10)17-9-11-8-13(18-16-11)14-2-1-7-19-14/h1-8H,9,15H2. The van der Waals surface area contributed by atoms with Crippen molar-refractivity contribution in [3.05, 3.63) is 53.5 Å². The van der Waals surface area contributed by atoms with Crippen molar-refractivity contribution in [3.63, 3.8) is 0 Å². The van der Waals surface area contributed by atoms with E-state index in [4.69, 9.17) is 15.0 Å². The Morgan fingerprint density at radius 1 is 1.21 bits per heavy atom. The molecule has 4 nitrogen and oxygen atoms in total. The molecule has 96 valence electrons. The third-order valence-corrected chi connectivity index (χ3v) is 3.47. The second-order valence-corrected chi connectivity index (χ2v) is 4.97. The lowest BCUT2D eigenvalue weighted by molar-refractivity contribution is 0.290. The lowest BCUT2D eigenvalue weighted by Gasteiger charge is -2.03. The molecule has 0 amide bonds. The third kappa shape index (κ3) is 2.77. The van der Waals surface area contributed by atoms with Crippen LogP contribution in [0.4, 0.5) is 5.69 Å². The number of rotatable bonds is 4. The van der Waals surface area contributed by atoms with Gasteiger partial charge in [-0.05, 0) is 35.7 Å². The molecular formula is C14H12N2O2S. The highest BCUT2D eigenvalue weighted by molar-refractivity contribution is 7.13. The Bertz CT molecular complexity index is 644. The second-order valence-electron chi connectivity index (χ2n) is 4.02. The molecule has 2 aromatic heterocycles. The number of thiophene rings is 1. The summed E-state index contributed by atoms with van der Waals surface area (Å²) in [5.74, 6) is 1.53. The van der Waals surface area contributed by atoms with E-state index in [1.54, 1.807) is 23.5 Å². The van der Waals surface area contributed by atoms with Crippen molar-refractivity contribution >= 4 is 17.0 Å². The molecular weight excluding hydrogens is 260 g/mol. The summed E-state index contributed by atoms with van der Waals surface area (Å²) >= 11 is 1.62. The minimum atomic E-state index is 0.374. The average molecular weight is 272 g/mol. The van der Waals surface area contributed by atoms with Gasteiger partial charge < -0.3 is 15.0 Å². The summed E-state index contributed by atoms with van der Waals surface area (Å²) in [5.41, 5.74) is 7.09. The lowest BCUT2D eigenvalue weighted by atomic mass is 10.3. The Morgan fingerprint density at radius 3 is 2.79 bits per heavy atom.